The standard InChI is InChI=1S/C23H26FN5OS/c1-13-12-26-20-19(25)21(31-23(20)27-13)22(30)28-16-6-5-14-11-18(17(24)10-15(14)9-16)29-7-3-2-4-8-29/h10-12,16H,2-9,25H2,1H3,(H,28,30)/t16-/m0/s1. The van der Waals surface area contributed by atoms with Gasteiger partial charge in [-0.05, 0) is 68.7 Å². The van der Waals surface area contributed by atoms with Gasteiger partial charge in [-0.25, -0.2) is 14.4 Å². The predicted molar refractivity (Wildman–Crippen MR) is 122 cm³/mol. The van der Waals surface area contributed by atoms with Crippen molar-refractivity contribution in [2.24, 2.45) is 0 Å². The van der Waals surface area contributed by atoms with Crippen LogP contribution in [0, 0.1) is 12.7 Å². The summed E-state index contributed by atoms with van der Waals surface area (Å²) in [6, 6.07) is 3.65. The number of piperidine rings is 1. The Kier molecular flexibility index (Phi) is 5.25. The Hall–Kier alpha value is -2.74. The van der Waals surface area contributed by atoms with Gasteiger partial charge in [0.25, 0.3) is 5.91 Å². The third-order valence-electron chi connectivity index (χ3n) is 6.30. The molecule has 0 bridgehead atoms. The molecule has 2 aromatic heterocycles. The normalized spacial score (nSPS) is 18.8. The van der Waals surface area contributed by atoms with Gasteiger partial charge in [-0.2, -0.15) is 0 Å². The number of anilines is 2. The van der Waals surface area contributed by atoms with Crippen molar-refractivity contribution >= 4 is 39.0 Å². The molecule has 6 nitrogen and oxygen atoms in total. The Morgan fingerprint density at radius 3 is 2.87 bits per heavy atom. The van der Waals surface area contributed by atoms with Crippen molar-refractivity contribution < 1.29 is 9.18 Å². The van der Waals surface area contributed by atoms with E-state index in [2.05, 4.69) is 20.2 Å². The van der Waals surface area contributed by atoms with E-state index in [0.29, 0.717) is 27.3 Å². The van der Waals surface area contributed by atoms with E-state index in [1.54, 1.807) is 12.3 Å². The van der Waals surface area contributed by atoms with Gasteiger partial charge in [0.1, 0.15) is 21.0 Å². The number of nitrogens with one attached hydrogen (secondary N) is 1. The molecule has 1 atom stereocenters. The summed E-state index contributed by atoms with van der Waals surface area (Å²) in [7, 11) is 0. The van der Waals surface area contributed by atoms with E-state index in [4.69, 9.17) is 5.73 Å². The van der Waals surface area contributed by atoms with Gasteiger partial charge in [0, 0.05) is 25.3 Å². The van der Waals surface area contributed by atoms with E-state index in [0.717, 1.165) is 55.7 Å². The van der Waals surface area contributed by atoms with Crippen molar-refractivity contribution in [2.45, 2.75) is 51.5 Å². The zero-order chi connectivity index (χ0) is 21.5. The number of aromatic nitrogens is 2. The summed E-state index contributed by atoms with van der Waals surface area (Å²) in [6.07, 6.45) is 7.39. The molecule has 162 valence electrons. The number of nitrogens with zero attached hydrogens (tertiary/aromatic N) is 3. The first-order valence-corrected chi connectivity index (χ1v) is 11.7. The maximum atomic E-state index is 14.9. The highest BCUT2D eigenvalue weighted by atomic mass is 32.1. The van der Waals surface area contributed by atoms with Gasteiger partial charge in [-0.1, -0.05) is 0 Å². The summed E-state index contributed by atoms with van der Waals surface area (Å²) in [6.45, 7) is 3.71. The molecule has 2 aliphatic rings. The lowest BCUT2D eigenvalue weighted by Crippen LogP contribution is -2.39. The van der Waals surface area contributed by atoms with Crippen LogP contribution in [0.15, 0.2) is 18.3 Å². The average molecular weight is 440 g/mol. The van der Waals surface area contributed by atoms with Gasteiger partial charge in [-0.15, -0.1) is 11.3 Å². The lowest BCUT2D eigenvalue weighted by molar-refractivity contribution is 0.0938. The lowest BCUT2D eigenvalue weighted by Gasteiger charge is -2.31. The number of nitrogen functional groups attached to an aromatic ring is 1. The molecule has 1 aliphatic carbocycles. The monoisotopic (exact) mass is 439 g/mol. The first-order valence-electron chi connectivity index (χ1n) is 10.9. The molecule has 1 aromatic carbocycles. The van der Waals surface area contributed by atoms with Crippen molar-refractivity contribution in [2.75, 3.05) is 23.7 Å². The van der Waals surface area contributed by atoms with E-state index in [-0.39, 0.29) is 17.8 Å². The molecule has 0 radical (unpaired) electrons. The zero-order valence-electron chi connectivity index (χ0n) is 17.6. The summed E-state index contributed by atoms with van der Waals surface area (Å²) >= 11 is 1.26. The lowest BCUT2D eigenvalue weighted by atomic mass is 9.87. The fourth-order valence-electron chi connectivity index (χ4n) is 4.66. The van der Waals surface area contributed by atoms with Crippen molar-refractivity contribution in [3.63, 3.8) is 0 Å². The molecule has 0 unspecified atom stereocenters. The van der Waals surface area contributed by atoms with Crippen LogP contribution in [0.5, 0.6) is 0 Å². The summed E-state index contributed by atoms with van der Waals surface area (Å²) in [5.74, 6) is -0.368. The number of aryl methyl sites for hydroxylation is 2. The number of fused-ring (bicyclic) bond motifs is 2. The fourth-order valence-corrected chi connectivity index (χ4v) is 5.66. The minimum atomic E-state index is -0.209. The summed E-state index contributed by atoms with van der Waals surface area (Å²) in [4.78, 5) is 24.9. The van der Waals surface area contributed by atoms with E-state index < -0.39 is 0 Å². The molecular formula is C23H26FN5OS. The average Bonchev–Trinajstić information content (AvgIpc) is 3.09. The van der Waals surface area contributed by atoms with Crippen LogP contribution in [0.2, 0.25) is 0 Å². The molecule has 5 rings (SSSR count). The molecule has 3 N–H and O–H groups in total. The number of hydrogen-bond acceptors (Lipinski definition) is 6. The molecule has 3 heterocycles. The summed E-state index contributed by atoms with van der Waals surface area (Å²) in [5.41, 5.74) is 10.8. The Bertz CT molecular complexity index is 1150. The van der Waals surface area contributed by atoms with Gasteiger partial charge < -0.3 is 16.0 Å². The number of halogens is 1. The number of benzene rings is 1. The third-order valence-corrected chi connectivity index (χ3v) is 7.38. The molecule has 3 aromatic rings. The first kappa shape index (κ1) is 20.2. The Labute approximate surface area is 184 Å². The summed E-state index contributed by atoms with van der Waals surface area (Å²) in [5, 5.41) is 3.09. The first-order chi connectivity index (χ1) is 15.0. The van der Waals surface area contributed by atoms with Crippen LogP contribution in [0.3, 0.4) is 0 Å². The Morgan fingerprint density at radius 1 is 1.26 bits per heavy atom. The van der Waals surface area contributed by atoms with Crippen molar-refractivity contribution in [3.05, 3.63) is 45.8 Å². The SMILES string of the molecule is Cc1cnc2c(N)c(C(=O)N[C@H]3CCc4cc(N5CCCCC5)c(F)cc4C3)sc2n1. The van der Waals surface area contributed by atoms with Gasteiger partial charge >= 0.3 is 0 Å². The van der Waals surface area contributed by atoms with Crippen LogP contribution < -0.4 is 16.0 Å². The van der Waals surface area contributed by atoms with E-state index in [9.17, 15) is 9.18 Å². The second-order valence-electron chi connectivity index (χ2n) is 8.54. The highest BCUT2D eigenvalue weighted by Crippen LogP contribution is 2.33. The van der Waals surface area contributed by atoms with Gasteiger partial charge in [0.15, 0.2) is 0 Å². The smallest absolute Gasteiger partial charge is 0.263 e. The minimum absolute atomic E-state index is 0.0486. The molecule has 1 saturated heterocycles. The molecule has 1 aliphatic heterocycles. The topological polar surface area (TPSA) is 84.1 Å². The Morgan fingerprint density at radius 2 is 2.06 bits per heavy atom. The number of thiophene rings is 1. The third kappa shape index (κ3) is 3.84. The number of carbonyl (C=O) groups is 1. The molecule has 0 spiro atoms. The van der Waals surface area contributed by atoms with Gasteiger partial charge in [0.05, 0.1) is 17.1 Å². The van der Waals surface area contributed by atoms with Crippen LogP contribution in [-0.2, 0) is 12.8 Å². The molecular weight excluding hydrogens is 413 g/mol. The number of rotatable bonds is 3. The zero-order valence-corrected chi connectivity index (χ0v) is 18.4. The number of nitrogens with two attached hydrogens (primary N) is 1. The van der Waals surface area contributed by atoms with Crippen molar-refractivity contribution in [3.8, 4) is 0 Å². The van der Waals surface area contributed by atoms with E-state index in [1.807, 2.05) is 13.0 Å². The minimum Gasteiger partial charge on any atom is -0.396 e. The molecule has 1 amide bonds. The Balaban J connectivity index is 1.32. The van der Waals surface area contributed by atoms with Crippen molar-refractivity contribution in [1.82, 2.24) is 15.3 Å². The maximum absolute atomic E-state index is 14.9. The maximum Gasteiger partial charge on any atom is 0.263 e. The van der Waals surface area contributed by atoms with Gasteiger partial charge in [-0.3, -0.25) is 4.79 Å². The van der Waals surface area contributed by atoms with Gasteiger partial charge in [0.2, 0.25) is 0 Å². The number of hydrogen-bond donors (Lipinski definition) is 2. The summed E-state index contributed by atoms with van der Waals surface area (Å²) < 4.78 is 14.9. The molecule has 8 heteroatoms. The van der Waals surface area contributed by atoms with E-state index in [1.165, 1.54) is 23.3 Å². The van der Waals surface area contributed by atoms with E-state index >= 15 is 0 Å². The quantitative estimate of drug-likeness (QED) is 0.644. The van der Waals surface area contributed by atoms with Crippen LogP contribution in [-0.4, -0.2) is 35.0 Å². The second kappa shape index (κ2) is 8.07. The number of carbonyl (C=O) groups excluding carboxylic acids is 1. The highest BCUT2D eigenvalue weighted by Gasteiger charge is 2.26. The molecule has 1 fully saturated rings. The molecule has 31 heavy (non-hydrogen) atoms. The predicted octanol–water partition coefficient (Wildman–Crippen LogP) is 4.00. The van der Waals surface area contributed by atoms with Crippen LogP contribution >= 0.6 is 11.3 Å². The largest absolute Gasteiger partial charge is 0.396 e. The van der Waals surface area contributed by atoms with Crippen LogP contribution in [0.1, 0.15) is 52.2 Å². The molecule has 0 saturated carbocycles. The van der Waals surface area contributed by atoms with Crippen LogP contribution in [0.25, 0.3) is 10.3 Å². The van der Waals surface area contributed by atoms with Crippen molar-refractivity contribution in [1.29, 1.82) is 0 Å². The fraction of sp³-hybridized carbons (Fsp3) is 0.435. The van der Waals surface area contributed by atoms with Crippen LogP contribution in [0.4, 0.5) is 15.8 Å². The highest BCUT2D eigenvalue weighted by molar-refractivity contribution is 7.21. The number of amides is 1. The second-order valence-corrected chi connectivity index (χ2v) is 9.54.